The van der Waals surface area contributed by atoms with Crippen LogP contribution in [0.3, 0.4) is 0 Å². The van der Waals surface area contributed by atoms with Gasteiger partial charge < -0.3 is 25.6 Å². The van der Waals surface area contributed by atoms with Crippen molar-refractivity contribution in [2.75, 3.05) is 37.7 Å². The number of unbranched alkanes of at least 4 members (excludes halogenated alkanes) is 4. The molecule has 6 nitrogen and oxygen atoms in total. The van der Waals surface area contributed by atoms with Crippen LogP contribution in [0.25, 0.3) is 0 Å². The number of ketones is 1. The number of Topliss-reactive ketones (excluding diaryl/α,β-unsaturated/α-hetero) is 1. The van der Waals surface area contributed by atoms with Crippen LogP contribution in [0.4, 0.5) is 24.5 Å². The Balaban J connectivity index is 0. The van der Waals surface area contributed by atoms with Gasteiger partial charge in [-0.15, -0.1) is 11.3 Å². The smallest absolute Gasteiger partial charge is 0.398 e. The predicted molar refractivity (Wildman–Crippen MR) is 257 cm³/mol. The predicted octanol–water partition coefficient (Wildman–Crippen LogP) is 15.1. The second kappa shape index (κ2) is 37.2. The molecule has 1 aromatic carbocycles. The van der Waals surface area contributed by atoms with Crippen LogP contribution in [0.1, 0.15) is 200 Å². The number of anilines is 2. The van der Waals surface area contributed by atoms with E-state index in [4.69, 9.17) is 5.73 Å². The van der Waals surface area contributed by atoms with Crippen LogP contribution in [0.5, 0.6) is 0 Å². The van der Waals surface area contributed by atoms with Crippen molar-refractivity contribution >= 4 is 34.9 Å². The number of likely N-dealkylation sites (N-methyl/N-ethyl adjacent to an activating group) is 1. The van der Waals surface area contributed by atoms with Crippen molar-refractivity contribution < 1.29 is 22.8 Å². The van der Waals surface area contributed by atoms with Crippen LogP contribution < -0.4 is 11.1 Å². The van der Waals surface area contributed by atoms with Gasteiger partial charge in [-0.2, -0.15) is 13.2 Å². The Morgan fingerprint density at radius 1 is 0.867 bits per heavy atom. The number of rotatable bonds is 22. The third kappa shape index (κ3) is 29.0. The fraction of sp³-hybridized carbons (Fsp3) is 0.760. The maximum atomic E-state index is 12.3. The van der Waals surface area contributed by atoms with Gasteiger partial charge in [0.1, 0.15) is 5.78 Å². The lowest BCUT2D eigenvalue weighted by molar-refractivity contribution is -0.137. The van der Waals surface area contributed by atoms with Crippen molar-refractivity contribution in [3.05, 3.63) is 45.1 Å². The van der Waals surface area contributed by atoms with Gasteiger partial charge in [0.25, 0.3) is 0 Å². The fourth-order valence-corrected chi connectivity index (χ4v) is 7.94. The summed E-state index contributed by atoms with van der Waals surface area (Å²) >= 11 is 1.65. The molecule has 0 spiro atoms. The number of amides is 1. The number of nitrogens with zero attached hydrogens (tertiary/aromatic N) is 2. The lowest BCUT2D eigenvalue weighted by Crippen LogP contribution is -2.39. The second-order valence-electron chi connectivity index (χ2n) is 16.8. The van der Waals surface area contributed by atoms with E-state index in [1.807, 2.05) is 12.3 Å². The van der Waals surface area contributed by atoms with E-state index in [0.29, 0.717) is 23.6 Å². The number of halogens is 3. The number of piperidine rings is 1. The molecule has 2 aromatic rings. The molecule has 10 heteroatoms. The minimum Gasteiger partial charge on any atom is -0.398 e. The minimum atomic E-state index is -4.36. The first-order valence-electron chi connectivity index (χ1n) is 23.6. The Labute approximate surface area is 371 Å². The SMILES string of the molecule is CCC(C)=O.CCCC(CCC(C)CC)N1CCCCC1.CCCCC.CCCCCC(CCC)N(C)CCc1cscc1NC=O.Cc1cc(C)c(N)c(C(F)(F)F)c1. The van der Waals surface area contributed by atoms with Gasteiger partial charge in [0.15, 0.2) is 0 Å². The number of nitrogens with two attached hydrogens (primary N) is 1. The Bertz CT molecular complexity index is 1330. The summed E-state index contributed by atoms with van der Waals surface area (Å²) < 4.78 is 37.0. The molecule has 1 aliphatic heterocycles. The molecule has 3 atom stereocenters. The van der Waals surface area contributed by atoms with Gasteiger partial charge in [-0.05, 0) is 121 Å². The van der Waals surface area contributed by atoms with E-state index in [9.17, 15) is 22.8 Å². The normalized spacial score (nSPS) is 14.1. The third-order valence-electron chi connectivity index (χ3n) is 11.3. The molecule has 0 radical (unpaired) electrons. The number of hydrogen-bond donors (Lipinski definition) is 2. The molecule has 350 valence electrons. The van der Waals surface area contributed by atoms with Gasteiger partial charge in [0.05, 0.1) is 11.3 Å². The van der Waals surface area contributed by atoms with Crippen molar-refractivity contribution in [3.63, 3.8) is 0 Å². The number of alkyl halides is 3. The first-order valence-corrected chi connectivity index (χ1v) is 24.6. The number of nitrogens with one attached hydrogen (secondary N) is 1. The number of hydrogen-bond acceptors (Lipinski definition) is 6. The molecule has 3 rings (SSSR count). The van der Waals surface area contributed by atoms with Crippen molar-refractivity contribution in [2.24, 2.45) is 5.92 Å². The Kier molecular flexibility index (Phi) is 36.9. The lowest BCUT2D eigenvalue weighted by atomic mass is 9.95. The molecular formula is C50H91F3N4O2S. The minimum absolute atomic E-state index is 0.182. The summed E-state index contributed by atoms with van der Waals surface area (Å²) in [5.41, 5.74) is 7.65. The summed E-state index contributed by atoms with van der Waals surface area (Å²) in [5, 5.41) is 6.94. The maximum absolute atomic E-state index is 12.3. The van der Waals surface area contributed by atoms with Gasteiger partial charge in [-0.25, -0.2) is 0 Å². The molecule has 0 bridgehead atoms. The summed E-state index contributed by atoms with van der Waals surface area (Å²) in [6.07, 6.45) is 21.2. The van der Waals surface area contributed by atoms with Gasteiger partial charge in [0.2, 0.25) is 6.41 Å². The molecule has 0 aliphatic carbocycles. The van der Waals surface area contributed by atoms with Crippen LogP contribution in [-0.2, 0) is 22.2 Å². The van der Waals surface area contributed by atoms with Crippen LogP contribution in [0.15, 0.2) is 22.9 Å². The topological polar surface area (TPSA) is 78.7 Å². The molecule has 2 heterocycles. The van der Waals surface area contributed by atoms with E-state index in [2.05, 4.69) is 76.0 Å². The number of nitrogen functional groups attached to an aromatic ring is 1. The maximum Gasteiger partial charge on any atom is 0.418 e. The number of benzene rings is 1. The molecule has 1 aliphatic rings. The molecule has 1 amide bonds. The monoisotopic (exact) mass is 869 g/mol. The van der Waals surface area contributed by atoms with Crippen LogP contribution in [0.2, 0.25) is 0 Å². The summed E-state index contributed by atoms with van der Waals surface area (Å²) in [4.78, 5) is 25.7. The highest BCUT2D eigenvalue weighted by Crippen LogP contribution is 2.35. The Hall–Kier alpha value is -2.43. The van der Waals surface area contributed by atoms with Crippen molar-refractivity contribution in [2.45, 2.75) is 216 Å². The van der Waals surface area contributed by atoms with E-state index < -0.39 is 11.7 Å². The van der Waals surface area contributed by atoms with Gasteiger partial charge in [-0.3, -0.25) is 4.79 Å². The van der Waals surface area contributed by atoms with E-state index >= 15 is 0 Å². The molecule has 1 saturated heterocycles. The Morgan fingerprint density at radius 2 is 1.47 bits per heavy atom. The van der Waals surface area contributed by atoms with E-state index in [-0.39, 0.29) is 11.5 Å². The average molecular weight is 869 g/mol. The van der Waals surface area contributed by atoms with Crippen LogP contribution in [-0.4, -0.2) is 60.8 Å². The lowest BCUT2D eigenvalue weighted by Gasteiger charge is -2.35. The highest BCUT2D eigenvalue weighted by Gasteiger charge is 2.33. The molecule has 60 heavy (non-hydrogen) atoms. The van der Waals surface area contributed by atoms with Gasteiger partial charge in [0, 0.05) is 36.1 Å². The average Bonchev–Trinajstić information content (AvgIpc) is 3.67. The first kappa shape index (κ1) is 59.7. The number of carbonyl (C=O) groups is 2. The fourth-order valence-electron chi connectivity index (χ4n) is 7.11. The summed E-state index contributed by atoms with van der Waals surface area (Å²) in [7, 11) is 2.24. The number of likely N-dealkylation sites (tertiary alicyclic amines) is 1. The highest BCUT2D eigenvalue weighted by atomic mass is 32.1. The highest BCUT2D eigenvalue weighted by molar-refractivity contribution is 7.08. The van der Waals surface area contributed by atoms with E-state index in [1.54, 1.807) is 38.2 Å². The summed E-state index contributed by atoms with van der Waals surface area (Å²) in [6.45, 7) is 26.4. The zero-order chi connectivity index (χ0) is 45.9. The molecule has 1 aromatic heterocycles. The van der Waals surface area contributed by atoms with Crippen LogP contribution in [0, 0.1) is 19.8 Å². The van der Waals surface area contributed by atoms with Crippen molar-refractivity contribution in [1.29, 1.82) is 0 Å². The van der Waals surface area contributed by atoms with E-state index in [0.717, 1.165) is 43.1 Å². The standard InChI is InChI=1S/C17H30N2OS.C15H31N.C9H10F3N.C5H12.C4H8O/c1-4-6-7-9-16(8-5-2)19(3)11-10-15-12-21-13-17(15)18-14-20;1-4-9-15(11-10-14(3)5-2)16-12-7-6-8-13-16;1-5-3-6(2)8(13)7(4-5)9(10,11)12;1-3-5-4-2;1-3-4(2)5/h12-14,16H,4-11H2,1-3H3,(H,18,20);14-15H,4-13H2,1-3H3;3-4H,13H2,1-2H3;3-5H2,1-2H3;3H2,1-2H3. The molecule has 3 N–H and O–H groups in total. The third-order valence-corrected chi connectivity index (χ3v) is 12.1. The number of thiophene rings is 1. The summed E-state index contributed by atoms with van der Waals surface area (Å²) in [5.74, 6) is 1.18. The summed E-state index contributed by atoms with van der Waals surface area (Å²) in [6, 6.07) is 4.27. The zero-order valence-electron chi connectivity index (χ0n) is 40.5. The number of carbonyl (C=O) groups excluding carboxylic acids is 2. The first-order chi connectivity index (χ1) is 28.5. The van der Waals surface area contributed by atoms with Gasteiger partial charge in [-0.1, -0.05) is 131 Å². The molecule has 3 unspecified atom stereocenters. The molecular weight excluding hydrogens is 778 g/mol. The number of aryl methyl sites for hydroxylation is 2. The van der Waals surface area contributed by atoms with E-state index in [1.165, 1.54) is 128 Å². The van der Waals surface area contributed by atoms with Crippen LogP contribution >= 0.6 is 11.3 Å². The Morgan fingerprint density at radius 3 is 1.95 bits per heavy atom. The van der Waals surface area contributed by atoms with Crippen molar-refractivity contribution in [1.82, 2.24) is 9.80 Å². The van der Waals surface area contributed by atoms with Gasteiger partial charge >= 0.3 is 6.18 Å². The largest absolute Gasteiger partial charge is 0.418 e. The van der Waals surface area contributed by atoms with Crippen molar-refractivity contribution in [3.8, 4) is 0 Å². The molecule has 0 saturated carbocycles. The second-order valence-corrected chi connectivity index (χ2v) is 17.6. The quantitative estimate of drug-likeness (QED) is 0.0700. The zero-order valence-corrected chi connectivity index (χ0v) is 41.3. The molecule has 1 fully saturated rings.